The third-order valence-electron chi connectivity index (χ3n) is 4.20. The molecule has 120 valence electrons. The predicted molar refractivity (Wildman–Crippen MR) is 99.0 cm³/mol. The molecule has 4 heteroatoms. The van der Waals surface area contributed by atoms with Crippen LogP contribution >= 0.6 is 11.8 Å². The Morgan fingerprint density at radius 3 is 2.78 bits per heavy atom. The van der Waals surface area contributed by atoms with E-state index in [0.29, 0.717) is 0 Å². The van der Waals surface area contributed by atoms with Crippen LogP contribution in [0.25, 0.3) is 10.9 Å². The largest absolute Gasteiger partial charge is 0.361 e. The number of nitrogens with one attached hydrogen (secondary N) is 1. The number of fused-ring (bicyclic) bond motifs is 1. The molecule has 0 amide bonds. The van der Waals surface area contributed by atoms with E-state index in [9.17, 15) is 0 Å². The standard InChI is InChI=1S/C19H23N3S/c1-3-22(2)12-9-16-13-21-17-5-4-6-18(19(16)17)23-14-15-7-10-20-11-8-15/h4-8,10-11,13,21H,3,9,12,14H2,1-2H3. The highest BCUT2D eigenvalue weighted by atomic mass is 32.2. The van der Waals surface area contributed by atoms with Crippen LogP contribution in [0.2, 0.25) is 0 Å². The second-order valence-corrected chi connectivity index (χ2v) is 6.80. The number of nitrogens with zero attached hydrogens (tertiary/aromatic N) is 2. The molecule has 3 rings (SSSR count). The van der Waals surface area contributed by atoms with E-state index in [1.807, 2.05) is 24.2 Å². The van der Waals surface area contributed by atoms with Gasteiger partial charge in [0, 0.05) is 46.7 Å². The first-order valence-corrected chi connectivity index (χ1v) is 9.05. The van der Waals surface area contributed by atoms with Gasteiger partial charge < -0.3 is 9.88 Å². The molecule has 0 saturated heterocycles. The maximum Gasteiger partial charge on any atom is 0.0468 e. The van der Waals surface area contributed by atoms with Crippen LogP contribution in [0.3, 0.4) is 0 Å². The topological polar surface area (TPSA) is 31.9 Å². The van der Waals surface area contributed by atoms with E-state index in [0.717, 1.165) is 25.3 Å². The smallest absolute Gasteiger partial charge is 0.0468 e. The van der Waals surface area contributed by atoms with Crippen molar-refractivity contribution in [1.29, 1.82) is 0 Å². The molecule has 0 aliphatic carbocycles. The molecular weight excluding hydrogens is 302 g/mol. The van der Waals surface area contributed by atoms with Gasteiger partial charge in [0.1, 0.15) is 0 Å². The summed E-state index contributed by atoms with van der Waals surface area (Å²) in [5.74, 6) is 0.973. The molecule has 0 spiro atoms. The van der Waals surface area contributed by atoms with Crippen molar-refractivity contribution in [2.45, 2.75) is 24.0 Å². The lowest BCUT2D eigenvalue weighted by Crippen LogP contribution is -2.20. The highest BCUT2D eigenvalue weighted by Crippen LogP contribution is 2.32. The summed E-state index contributed by atoms with van der Waals surface area (Å²) in [6.07, 6.45) is 6.97. The molecule has 0 aliphatic heterocycles. The Morgan fingerprint density at radius 1 is 1.17 bits per heavy atom. The van der Waals surface area contributed by atoms with E-state index in [-0.39, 0.29) is 0 Å². The average molecular weight is 325 g/mol. The fourth-order valence-corrected chi connectivity index (χ4v) is 3.72. The predicted octanol–water partition coefficient (Wildman–Crippen LogP) is 4.35. The van der Waals surface area contributed by atoms with E-state index in [4.69, 9.17) is 0 Å². The molecule has 2 heterocycles. The lowest BCUT2D eigenvalue weighted by atomic mass is 10.1. The average Bonchev–Trinajstić information content (AvgIpc) is 3.02. The van der Waals surface area contributed by atoms with E-state index < -0.39 is 0 Å². The lowest BCUT2D eigenvalue weighted by Gasteiger charge is -2.13. The highest BCUT2D eigenvalue weighted by Gasteiger charge is 2.10. The second kappa shape index (κ2) is 7.66. The Morgan fingerprint density at radius 2 is 2.00 bits per heavy atom. The Labute approximate surface area is 142 Å². The van der Waals surface area contributed by atoms with Gasteiger partial charge >= 0.3 is 0 Å². The highest BCUT2D eigenvalue weighted by molar-refractivity contribution is 7.98. The first-order chi connectivity index (χ1) is 11.3. The van der Waals surface area contributed by atoms with Gasteiger partial charge in [-0.3, -0.25) is 4.98 Å². The van der Waals surface area contributed by atoms with Gasteiger partial charge in [-0.25, -0.2) is 0 Å². The normalized spacial score (nSPS) is 11.4. The molecule has 0 unspecified atom stereocenters. The van der Waals surface area contributed by atoms with Crippen molar-refractivity contribution in [1.82, 2.24) is 14.9 Å². The van der Waals surface area contributed by atoms with Gasteiger partial charge in [0.2, 0.25) is 0 Å². The Kier molecular flexibility index (Phi) is 5.36. The third kappa shape index (κ3) is 3.95. The molecule has 1 aromatic carbocycles. The number of thioether (sulfide) groups is 1. The van der Waals surface area contributed by atoms with Gasteiger partial charge in [0.15, 0.2) is 0 Å². The van der Waals surface area contributed by atoms with Crippen LogP contribution in [0.4, 0.5) is 0 Å². The van der Waals surface area contributed by atoms with Crippen molar-refractivity contribution in [2.24, 2.45) is 0 Å². The zero-order valence-corrected chi connectivity index (χ0v) is 14.6. The first-order valence-electron chi connectivity index (χ1n) is 8.07. The van der Waals surface area contributed by atoms with Crippen molar-refractivity contribution in [2.75, 3.05) is 20.1 Å². The molecule has 0 saturated carbocycles. The number of rotatable bonds is 7. The van der Waals surface area contributed by atoms with Crippen LogP contribution in [0.1, 0.15) is 18.1 Å². The van der Waals surface area contributed by atoms with Crippen LogP contribution in [0, 0.1) is 0 Å². The molecule has 0 aliphatic rings. The number of likely N-dealkylation sites (N-methyl/N-ethyl adjacent to an activating group) is 1. The van der Waals surface area contributed by atoms with Crippen LogP contribution in [0.15, 0.2) is 53.8 Å². The maximum atomic E-state index is 4.09. The molecule has 0 atom stereocenters. The number of pyridine rings is 1. The SMILES string of the molecule is CCN(C)CCc1c[nH]c2cccc(SCc3ccncc3)c12. The Hall–Kier alpha value is -1.78. The number of aromatic amines is 1. The molecule has 0 bridgehead atoms. The van der Waals surface area contributed by atoms with E-state index >= 15 is 0 Å². The van der Waals surface area contributed by atoms with Crippen molar-refractivity contribution in [3.05, 3.63) is 60.0 Å². The summed E-state index contributed by atoms with van der Waals surface area (Å²) in [6.45, 7) is 4.38. The summed E-state index contributed by atoms with van der Waals surface area (Å²) in [5.41, 5.74) is 3.96. The minimum atomic E-state index is 0.973. The Bertz CT molecular complexity index is 752. The summed E-state index contributed by atoms with van der Waals surface area (Å²) < 4.78 is 0. The minimum absolute atomic E-state index is 0.973. The van der Waals surface area contributed by atoms with Crippen molar-refractivity contribution in [3.8, 4) is 0 Å². The molecule has 23 heavy (non-hydrogen) atoms. The minimum Gasteiger partial charge on any atom is -0.361 e. The lowest BCUT2D eigenvalue weighted by molar-refractivity contribution is 0.358. The zero-order chi connectivity index (χ0) is 16.1. The molecular formula is C19H23N3S. The quantitative estimate of drug-likeness (QED) is 0.655. The molecule has 0 radical (unpaired) electrons. The fraction of sp³-hybridized carbons (Fsp3) is 0.316. The van der Waals surface area contributed by atoms with Gasteiger partial charge in [0.05, 0.1) is 0 Å². The van der Waals surface area contributed by atoms with Gasteiger partial charge in [-0.15, -0.1) is 11.8 Å². The Balaban J connectivity index is 1.80. The van der Waals surface area contributed by atoms with Gasteiger partial charge in [-0.2, -0.15) is 0 Å². The van der Waals surface area contributed by atoms with Crippen LogP contribution in [-0.4, -0.2) is 35.0 Å². The molecule has 3 aromatic rings. The van der Waals surface area contributed by atoms with Gasteiger partial charge in [-0.1, -0.05) is 13.0 Å². The number of hydrogen-bond donors (Lipinski definition) is 1. The number of benzene rings is 1. The van der Waals surface area contributed by atoms with Crippen LogP contribution in [0.5, 0.6) is 0 Å². The fourth-order valence-electron chi connectivity index (χ4n) is 2.65. The van der Waals surface area contributed by atoms with E-state index in [2.05, 4.69) is 65.4 Å². The van der Waals surface area contributed by atoms with Crippen molar-refractivity contribution >= 4 is 22.7 Å². The van der Waals surface area contributed by atoms with Gasteiger partial charge in [-0.05, 0) is 55.4 Å². The van der Waals surface area contributed by atoms with Gasteiger partial charge in [0.25, 0.3) is 0 Å². The summed E-state index contributed by atoms with van der Waals surface area (Å²) in [4.78, 5) is 11.2. The molecule has 2 aromatic heterocycles. The van der Waals surface area contributed by atoms with Crippen molar-refractivity contribution < 1.29 is 0 Å². The zero-order valence-electron chi connectivity index (χ0n) is 13.7. The molecule has 0 fully saturated rings. The summed E-state index contributed by atoms with van der Waals surface area (Å²) >= 11 is 1.90. The summed E-state index contributed by atoms with van der Waals surface area (Å²) in [6, 6.07) is 10.7. The number of aromatic nitrogens is 2. The third-order valence-corrected chi connectivity index (χ3v) is 5.32. The summed E-state index contributed by atoms with van der Waals surface area (Å²) in [5, 5.41) is 1.39. The maximum absolute atomic E-state index is 4.09. The van der Waals surface area contributed by atoms with E-state index in [1.165, 1.54) is 26.9 Å². The van der Waals surface area contributed by atoms with Crippen molar-refractivity contribution in [3.63, 3.8) is 0 Å². The van der Waals surface area contributed by atoms with E-state index in [1.54, 1.807) is 0 Å². The molecule has 3 nitrogen and oxygen atoms in total. The number of hydrogen-bond acceptors (Lipinski definition) is 3. The number of H-pyrrole nitrogens is 1. The first kappa shape index (κ1) is 16.1. The second-order valence-electron chi connectivity index (χ2n) is 5.78. The molecule has 1 N–H and O–H groups in total. The monoisotopic (exact) mass is 325 g/mol. The summed E-state index contributed by atoms with van der Waals surface area (Å²) in [7, 11) is 2.17. The van der Waals surface area contributed by atoms with Crippen LogP contribution < -0.4 is 0 Å². The van der Waals surface area contributed by atoms with Crippen LogP contribution in [-0.2, 0) is 12.2 Å².